The normalized spacial score (nSPS) is 16.8. The molecule has 4 rings (SSSR count). The van der Waals surface area contributed by atoms with Crippen molar-refractivity contribution in [2.45, 2.75) is 25.9 Å². The molecule has 1 atom stereocenters. The third-order valence-corrected chi connectivity index (χ3v) is 4.97. The third-order valence-electron chi connectivity index (χ3n) is 4.78. The molecular formula is C20H20ClN5O2. The molecule has 0 bridgehead atoms. The van der Waals surface area contributed by atoms with Gasteiger partial charge in [0.25, 0.3) is 5.91 Å². The fraction of sp³-hybridized carbons (Fsp3) is 0.300. The largest absolute Gasteiger partial charge is 0.458 e. The lowest BCUT2D eigenvalue weighted by Gasteiger charge is -2.32. The average molecular weight is 398 g/mol. The molecule has 0 aliphatic carbocycles. The molecule has 0 saturated carbocycles. The van der Waals surface area contributed by atoms with Crippen molar-refractivity contribution in [3.8, 4) is 11.7 Å². The summed E-state index contributed by atoms with van der Waals surface area (Å²) < 4.78 is 7.62. The number of hydrogen-bond acceptors (Lipinski definition) is 5. The van der Waals surface area contributed by atoms with Gasteiger partial charge in [-0.25, -0.2) is 14.6 Å². The lowest BCUT2D eigenvalue weighted by Crippen LogP contribution is -2.44. The van der Waals surface area contributed by atoms with Gasteiger partial charge in [-0.2, -0.15) is 5.10 Å². The Hall–Kier alpha value is -2.93. The van der Waals surface area contributed by atoms with Crippen LogP contribution in [-0.4, -0.2) is 49.7 Å². The zero-order valence-electron chi connectivity index (χ0n) is 15.5. The number of piperidine rings is 1. The van der Waals surface area contributed by atoms with Crippen LogP contribution in [0.3, 0.4) is 0 Å². The Morgan fingerprint density at radius 3 is 2.68 bits per heavy atom. The summed E-state index contributed by atoms with van der Waals surface area (Å²) in [5.74, 6) is -0.0370. The fourth-order valence-electron chi connectivity index (χ4n) is 3.35. The van der Waals surface area contributed by atoms with Gasteiger partial charge in [0.15, 0.2) is 0 Å². The minimum atomic E-state index is -0.150. The van der Waals surface area contributed by atoms with E-state index in [0.29, 0.717) is 23.7 Å². The molecule has 28 heavy (non-hydrogen) atoms. The molecule has 1 saturated heterocycles. The number of carbonyl (C=O) groups excluding carboxylic acids is 1. The number of benzene rings is 1. The Kier molecular flexibility index (Phi) is 5.25. The zero-order valence-corrected chi connectivity index (χ0v) is 16.2. The smallest absolute Gasteiger partial charge is 0.316 e. The van der Waals surface area contributed by atoms with E-state index in [9.17, 15) is 4.79 Å². The minimum Gasteiger partial charge on any atom is -0.458 e. The molecule has 1 aliphatic heterocycles. The highest BCUT2D eigenvalue weighted by Gasteiger charge is 2.28. The molecule has 7 nitrogen and oxygen atoms in total. The summed E-state index contributed by atoms with van der Waals surface area (Å²) in [7, 11) is 0. The molecule has 1 amide bonds. The molecule has 8 heteroatoms. The summed E-state index contributed by atoms with van der Waals surface area (Å²) in [5, 5.41) is 4.86. The second-order valence-electron chi connectivity index (χ2n) is 6.71. The molecule has 144 valence electrons. The topological polar surface area (TPSA) is 73.1 Å². The van der Waals surface area contributed by atoms with Crippen LogP contribution in [0.1, 0.15) is 28.9 Å². The van der Waals surface area contributed by atoms with Crippen molar-refractivity contribution in [3.63, 3.8) is 0 Å². The van der Waals surface area contributed by atoms with E-state index in [2.05, 4.69) is 15.1 Å². The Morgan fingerprint density at radius 1 is 1.18 bits per heavy atom. The van der Waals surface area contributed by atoms with Gasteiger partial charge in [-0.1, -0.05) is 29.8 Å². The summed E-state index contributed by atoms with van der Waals surface area (Å²) in [6, 6.07) is 10.0. The summed E-state index contributed by atoms with van der Waals surface area (Å²) in [6.45, 7) is 3.09. The van der Waals surface area contributed by atoms with E-state index >= 15 is 0 Å². The number of hydrogen-bond donors (Lipinski definition) is 0. The molecular weight excluding hydrogens is 378 g/mol. The number of nitrogens with zero attached hydrogens (tertiary/aromatic N) is 5. The summed E-state index contributed by atoms with van der Waals surface area (Å²) >= 11 is 5.81. The number of likely N-dealkylation sites (tertiary alicyclic amines) is 1. The molecule has 0 radical (unpaired) electrons. The standard InChI is InChI=1S/C20H20ClN5O2/c1-14-18(12-24-26(14)16-6-3-2-4-7-16)19(27)25-9-5-8-17(13-25)28-20-22-10-15(21)11-23-20/h2-4,6-7,10-12,17H,5,8-9,13H2,1H3. The number of carbonyl (C=O) groups is 1. The van der Waals surface area contributed by atoms with Crippen LogP contribution in [0.15, 0.2) is 48.9 Å². The van der Waals surface area contributed by atoms with E-state index in [1.807, 2.05) is 42.2 Å². The van der Waals surface area contributed by atoms with Crippen molar-refractivity contribution in [1.29, 1.82) is 0 Å². The molecule has 1 aromatic carbocycles. The highest BCUT2D eigenvalue weighted by molar-refractivity contribution is 6.30. The molecule has 1 unspecified atom stereocenters. The van der Waals surface area contributed by atoms with Gasteiger partial charge < -0.3 is 9.64 Å². The first-order chi connectivity index (χ1) is 13.6. The molecule has 1 fully saturated rings. The Balaban J connectivity index is 1.47. The van der Waals surface area contributed by atoms with E-state index in [0.717, 1.165) is 24.2 Å². The highest BCUT2D eigenvalue weighted by atomic mass is 35.5. The number of amides is 1. The van der Waals surface area contributed by atoms with Crippen molar-refractivity contribution in [2.75, 3.05) is 13.1 Å². The zero-order chi connectivity index (χ0) is 19.5. The molecule has 0 N–H and O–H groups in total. The average Bonchev–Trinajstić information content (AvgIpc) is 3.11. The SMILES string of the molecule is Cc1c(C(=O)N2CCCC(Oc3ncc(Cl)cn3)C2)cnn1-c1ccccc1. The maximum absolute atomic E-state index is 13.1. The van der Waals surface area contributed by atoms with Crippen LogP contribution in [0.25, 0.3) is 5.69 Å². The van der Waals surface area contributed by atoms with Gasteiger partial charge in [-0.05, 0) is 31.9 Å². The maximum atomic E-state index is 13.1. The van der Waals surface area contributed by atoms with Gasteiger partial charge in [0, 0.05) is 6.54 Å². The molecule has 3 heterocycles. The van der Waals surface area contributed by atoms with Gasteiger partial charge in [0.05, 0.1) is 47.1 Å². The lowest BCUT2D eigenvalue weighted by molar-refractivity contribution is 0.0515. The van der Waals surface area contributed by atoms with Crippen LogP contribution in [0.2, 0.25) is 5.02 Å². The molecule has 1 aliphatic rings. The van der Waals surface area contributed by atoms with Crippen LogP contribution in [0.5, 0.6) is 6.01 Å². The van der Waals surface area contributed by atoms with Crippen LogP contribution in [-0.2, 0) is 0 Å². The van der Waals surface area contributed by atoms with Gasteiger partial charge in [-0.15, -0.1) is 0 Å². The van der Waals surface area contributed by atoms with Crippen molar-refractivity contribution in [2.24, 2.45) is 0 Å². The first-order valence-corrected chi connectivity index (χ1v) is 9.53. The predicted octanol–water partition coefficient (Wildman–Crippen LogP) is 3.31. The number of halogens is 1. The monoisotopic (exact) mass is 397 g/mol. The maximum Gasteiger partial charge on any atom is 0.316 e. The third kappa shape index (κ3) is 3.84. The van der Waals surface area contributed by atoms with E-state index in [1.165, 1.54) is 12.4 Å². The van der Waals surface area contributed by atoms with Gasteiger partial charge >= 0.3 is 6.01 Å². The lowest BCUT2D eigenvalue weighted by atomic mass is 10.1. The fourth-order valence-corrected chi connectivity index (χ4v) is 3.45. The summed E-state index contributed by atoms with van der Waals surface area (Å²) in [4.78, 5) is 23.0. The molecule has 2 aromatic heterocycles. The van der Waals surface area contributed by atoms with Crippen LogP contribution in [0, 0.1) is 6.92 Å². The number of aromatic nitrogens is 4. The summed E-state index contributed by atoms with van der Waals surface area (Å²) in [6.07, 6.45) is 6.18. The van der Waals surface area contributed by atoms with E-state index in [1.54, 1.807) is 10.9 Å². The van der Waals surface area contributed by atoms with Crippen LogP contribution in [0.4, 0.5) is 0 Å². The summed E-state index contributed by atoms with van der Waals surface area (Å²) in [5.41, 5.74) is 2.35. The molecule has 3 aromatic rings. The minimum absolute atomic E-state index is 0.0370. The van der Waals surface area contributed by atoms with Crippen LogP contribution < -0.4 is 4.74 Å². The first kappa shape index (κ1) is 18.4. The van der Waals surface area contributed by atoms with E-state index < -0.39 is 0 Å². The highest BCUT2D eigenvalue weighted by Crippen LogP contribution is 2.20. The van der Waals surface area contributed by atoms with Gasteiger partial charge in [0.1, 0.15) is 6.10 Å². The van der Waals surface area contributed by atoms with Crippen molar-refractivity contribution >= 4 is 17.5 Å². The van der Waals surface area contributed by atoms with E-state index in [-0.39, 0.29) is 18.0 Å². The first-order valence-electron chi connectivity index (χ1n) is 9.15. The van der Waals surface area contributed by atoms with Gasteiger partial charge in [-0.3, -0.25) is 4.79 Å². The quantitative estimate of drug-likeness (QED) is 0.675. The van der Waals surface area contributed by atoms with Gasteiger partial charge in [0.2, 0.25) is 0 Å². The number of para-hydroxylation sites is 1. The van der Waals surface area contributed by atoms with Crippen LogP contribution >= 0.6 is 11.6 Å². The Bertz CT molecular complexity index is 958. The van der Waals surface area contributed by atoms with Crippen molar-refractivity contribution in [1.82, 2.24) is 24.6 Å². The number of rotatable bonds is 4. The van der Waals surface area contributed by atoms with E-state index in [4.69, 9.17) is 16.3 Å². The Morgan fingerprint density at radius 2 is 1.93 bits per heavy atom. The Labute approximate surface area is 167 Å². The van der Waals surface area contributed by atoms with Crippen molar-refractivity contribution in [3.05, 3.63) is 65.2 Å². The second-order valence-corrected chi connectivity index (χ2v) is 7.14. The number of ether oxygens (including phenoxy) is 1. The second kappa shape index (κ2) is 7.98. The predicted molar refractivity (Wildman–Crippen MR) is 105 cm³/mol. The molecule has 0 spiro atoms. The van der Waals surface area contributed by atoms with Crippen molar-refractivity contribution < 1.29 is 9.53 Å².